The predicted molar refractivity (Wildman–Crippen MR) is 103 cm³/mol. The summed E-state index contributed by atoms with van der Waals surface area (Å²) in [5.74, 6) is 2.13. The van der Waals surface area contributed by atoms with Crippen molar-refractivity contribution >= 4 is 10.9 Å². The third-order valence-corrected chi connectivity index (χ3v) is 4.21. The molecule has 136 valence electrons. The average Bonchev–Trinajstić information content (AvgIpc) is 3.17. The highest BCUT2D eigenvalue weighted by molar-refractivity contribution is 5.85. The van der Waals surface area contributed by atoms with E-state index < -0.39 is 0 Å². The third kappa shape index (κ3) is 3.33. The Morgan fingerprint density at radius 1 is 1.00 bits per heavy atom. The molecule has 2 aromatic carbocycles. The summed E-state index contributed by atoms with van der Waals surface area (Å²) in [6.45, 7) is 4.60. The number of aryl methyl sites for hydroxylation is 1. The van der Waals surface area contributed by atoms with Gasteiger partial charge in [-0.1, -0.05) is 17.3 Å². The van der Waals surface area contributed by atoms with E-state index in [1.54, 1.807) is 7.11 Å². The summed E-state index contributed by atoms with van der Waals surface area (Å²) in [7, 11) is 1.58. The fraction of sp³-hybridized carbons (Fsp3) is 0.190. The van der Waals surface area contributed by atoms with Crippen LogP contribution in [0, 0.1) is 6.92 Å². The first kappa shape index (κ1) is 17.0. The van der Waals surface area contributed by atoms with Gasteiger partial charge < -0.3 is 14.0 Å². The summed E-state index contributed by atoms with van der Waals surface area (Å²) in [6.07, 6.45) is 0. The molecule has 0 saturated carbocycles. The molecule has 0 radical (unpaired) electrons. The van der Waals surface area contributed by atoms with E-state index in [2.05, 4.69) is 15.1 Å². The van der Waals surface area contributed by atoms with E-state index in [4.69, 9.17) is 14.0 Å². The molecule has 4 aromatic rings. The van der Waals surface area contributed by atoms with Crippen LogP contribution in [0.4, 0.5) is 0 Å². The summed E-state index contributed by atoms with van der Waals surface area (Å²) in [4.78, 5) is 9.11. The molecule has 2 aromatic heterocycles. The van der Waals surface area contributed by atoms with Gasteiger partial charge in [0, 0.05) is 10.9 Å². The lowest BCUT2D eigenvalue weighted by atomic mass is 10.1. The van der Waals surface area contributed by atoms with Crippen LogP contribution in [0.25, 0.3) is 33.7 Å². The van der Waals surface area contributed by atoms with E-state index in [9.17, 15) is 0 Å². The minimum absolute atomic E-state index is 0.430. The predicted octanol–water partition coefficient (Wildman–Crippen LogP) is 4.67. The molecule has 0 saturated heterocycles. The highest BCUT2D eigenvalue weighted by atomic mass is 16.5. The van der Waals surface area contributed by atoms with Gasteiger partial charge in [0.15, 0.2) is 0 Å². The van der Waals surface area contributed by atoms with Crippen LogP contribution < -0.4 is 9.47 Å². The van der Waals surface area contributed by atoms with Crippen LogP contribution in [0.15, 0.2) is 53.1 Å². The summed E-state index contributed by atoms with van der Waals surface area (Å²) in [6, 6.07) is 15.6. The summed E-state index contributed by atoms with van der Waals surface area (Å²) in [5, 5.41) is 5.11. The molecule has 0 aliphatic rings. The monoisotopic (exact) mass is 361 g/mol. The number of hydrogen-bond acceptors (Lipinski definition) is 6. The van der Waals surface area contributed by atoms with Gasteiger partial charge in [-0.3, -0.25) is 0 Å². The lowest BCUT2D eigenvalue weighted by Crippen LogP contribution is -1.94. The minimum atomic E-state index is 0.430. The zero-order valence-electron chi connectivity index (χ0n) is 15.4. The van der Waals surface area contributed by atoms with Gasteiger partial charge in [-0.25, -0.2) is 4.98 Å². The van der Waals surface area contributed by atoms with E-state index in [1.165, 1.54) is 0 Å². The van der Waals surface area contributed by atoms with E-state index in [0.29, 0.717) is 29.8 Å². The van der Waals surface area contributed by atoms with Crippen molar-refractivity contribution in [1.29, 1.82) is 0 Å². The minimum Gasteiger partial charge on any atom is -0.494 e. The number of aromatic nitrogens is 3. The van der Waals surface area contributed by atoms with Crippen LogP contribution in [-0.4, -0.2) is 28.8 Å². The first-order valence-electron chi connectivity index (χ1n) is 8.70. The maximum absolute atomic E-state index is 5.46. The van der Waals surface area contributed by atoms with Crippen molar-refractivity contribution in [1.82, 2.24) is 15.1 Å². The second-order valence-corrected chi connectivity index (χ2v) is 6.12. The largest absolute Gasteiger partial charge is 0.494 e. The SMILES string of the molecule is CCOc1ccc(-c2nc(-c3cc4ccc(C)cc4nc3OC)no2)cc1. The molecule has 0 spiro atoms. The van der Waals surface area contributed by atoms with Crippen molar-refractivity contribution in [3.8, 4) is 34.5 Å². The second kappa shape index (κ2) is 7.07. The van der Waals surface area contributed by atoms with E-state index in [-0.39, 0.29) is 0 Å². The number of methoxy groups -OCH3 is 1. The van der Waals surface area contributed by atoms with Crippen LogP contribution in [0.2, 0.25) is 0 Å². The normalized spacial score (nSPS) is 10.9. The molecule has 0 atom stereocenters. The Bertz CT molecular complexity index is 1090. The molecule has 27 heavy (non-hydrogen) atoms. The van der Waals surface area contributed by atoms with Crippen molar-refractivity contribution in [3.05, 3.63) is 54.1 Å². The zero-order valence-corrected chi connectivity index (χ0v) is 15.4. The molecule has 6 nitrogen and oxygen atoms in total. The van der Waals surface area contributed by atoms with E-state index >= 15 is 0 Å². The third-order valence-electron chi connectivity index (χ3n) is 4.21. The Hall–Kier alpha value is -3.41. The molecule has 2 heterocycles. The molecular weight excluding hydrogens is 342 g/mol. The molecule has 0 N–H and O–H groups in total. The van der Waals surface area contributed by atoms with Gasteiger partial charge in [0.1, 0.15) is 5.75 Å². The number of nitrogens with zero attached hydrogens (tertiary/aromatic N) is 3. The summed E-state index contributed by atoms with van der Waals surface area (Å²) < 4.78 is 16.4. The molecule has 0 aliphatic heterocycles. The molecule has 0 bridgehead atoms. The molecular formula is C21H19N3O3. The summed E-state index contributed by atoms with van der Waals surface area (Å²) >= 11 is 0. The number of rotatable bonds is 5. The average molecular weight is 361 g/mol. The van der Waals surface area contributed by atoms with Gasteiger partial charge >= 0.3 is 0 Å². The van der Waals surface area contributed by atoms with Crippen LogP contribution >= 0.6 is 0 Å². The summed E-state index contributed by atoms with van der Waals surface area (Å²) in [5.41, 5.74) is 3.52. The number of ether oxygens (including phenoxy) is 2. The van der Waals surface area contributed by atoms with Gasteiger partial charge in [0.2, 0.25) is 11.7 Å². The van der Waals surface area contributed by atoms with Crippen molar-refractivity contribution in [2.75, 3.05) is 13.7 Å². The molecule has 0 aliphatic carbocycles. The Labute approximate surface area is 156 Å². The van der Waals surface area contributed by atoms with Crippen molar-refractivity contribution in [2.24, 2.45) is 0 Å². The fourth-order valence-corrected chi connectivity index (χ4v) is 2.89. The Kier molecular flexibility index (Phi) is 4.46. The van der Waals surface area contributed by atoms with Crippen LogP contribution in [0.3, 0.4) is 0 Å². The standard InChI is InChI=1S/C21H19N3O3/c1-4-26-16-9-7-14(8-10-16)20-23-19(24-27-20)17-12-15-6-5-13(2)11-18(15)22-21(17)25-3/h5-12H,4H2,1-3H3. The number of pyridine rings is 1. The van der Waals surface area contributed by atoms with Gasteiger partial charge in [-0.2, -0.15) is 4.98 Å². The van der Waals surface area contributed by atoms with Crippen molar-refractivity contribution in [3.63, 3.8) is 0 Å². The van der Waals surface area contributed by atoms with Crippen molar-refractivity contribution in [2.45, 2.75) is 13.8 Å². The Morgan fingerprint density at radius 2 is 1.81 bits per heavy atom. The Morgan fingerprint density at radius 3 is 2.56 bits per heavy atom. The van der Waals surface area contributed by atoms with E-state index in [1.807, 2.05) is 62.4 Å². The topological polar surface area (TPSA) is 70.3 Å². The molecule has 6 heteroatoms. The number of hydrogen-bond donors (Lipinski definition) is 0. The van der Waals surface area contributed by atoms with Gasteiger partial charge in [0.05, 0.1) is 24.8 Å². The number of benzene rings is 2. The Balaban J connectivity index is 1.73. The first-order chi connectivity index (χ1) is 13.2. The fourth-order valence-electron chi connectivity index (χ4n) is 2.89. The molecule has 0 unspecified atom stereocenters. The second-order valence-electron chi connectivity index (χ2n) is 6.12. The lowest BCUT2D eigenvalue weighted by Gasteiger charge is -2.07. The van der Waals surface area contributed by atoms with Gasteiger partial charge in [-0.05, 0) is 55.8 Å². The highest BCUT2D eigenvalue weighted by Crippen LogP contribution is 2.31. The molecule has 4 rings (SSSR count). The van der Waals surface area contributed by atoms with Crippen LogP contribution in [0.5, 0.6) is 11.6 Å². The smallest absolute Gasteiger partial charge is 0.258 e. The van der Waals surface area contributed by atoms with Gasteiger partial charge in [-0.15, -0.1) is 0 Å². The highest BCUT2D eigenvalue weighted by Gasteiger charge is 2.17. The first-order valence-corrected chi connectivity index (χ1v) is 8.70. The molecule has 0 fully saturated rings. The van der Waals surface area contributed by atoms with Gasteiger partial charge in [0.25, 0.3) is 5.89 Å². The maximum Gasteiger partial charge on any atom is 0.258 e. The maximum atomic E-state index is 5.46. The van der Waals surface area contributed by atoms with Crippen molar-refractivity contribution < 1.29 is 14.0 Å². The molecule has 0 amide bonds. The zero-order chi connectivity index (χ0) is 18.8. The van der Waals surface area contributed by atoms with E-state index in [0.717, 1.165) is 27.8 Å². The van der Waals surface area contributed by atoms with Crippen LogP contribution in [-0.2, 0) is 0 Å². The lowest BCUT2D eigenvalue weighted by molar-refractivity contribution is 0.340. The quantitative estimate of drug-likeness (QED) is 0.514. The van der Waals surface area contributed by atoms with Crippen LogP contribution in [0.1, 0.15) is 12.5 Å². The number of fused-ring (bicyclic) bond motifs is 1.